The Labute approximate surface area is 123 Å². The first-order valence-corrected chi connectivity index (χ1v) is 7.98. The molecule has 0 spiro atoms. The minimum absolute atomic E-state index is 0.0440. The Kier molecular flexibility index (Phi) is 4.96. The van der Waals surface area contributed by atoms with Crippen LogP contribution in [0, 0.1) is 0 Å². The molecule has 1 fully saturated rings. The normalized spacial score (nSPS) is 19.0. The van der Waals surface area contributed by atoms with E-state index in [0.717, 1.165) is 5.75 Å². The molecule has 0 aromatic carbocycles. The first-order valence-electron chi connectivity index (χ1n) is 5.95. The maximum atomic E-state index is 12.0. The Bertz CT molecular complexity index is 531. The Morgan fingerprint density at radius 1 is 1.55 bits per heavy atom. The summed E-state index contributed by atoms with van der Waals surface area (Å²) in [5.41, 5.74) is 5.60. The molecule has 108 valence electrons. The van der Waals surface area contributed by atoms with Crippen molar-refractivity contribution in [2.75, 3.05) is 16.8 Å². The van der Waals surface area contributed by atoms with Crippen molar-refractivity contribution >= 4 is 46.0 Å². The lowest BCUT2D eigenvalue weighted by atomic mass is 10.3. The molecule has 0 aliphatic carbocycles. The van der Waals surface area contributed by atoms with Crippen LogP contribution in [0.1, 0.15) is 12.1 Å². The maximum Gasteiger partial charge on any atom is 0.249 e. The van der Waals surface area contributed by atoms with Crippen LogP contribution < -0.4 is 16.4 Å². The molecule has 0 bridgehead atoms. The van der Waals surface area contributed by atoms with Gasteiger partial charge in [0.05, 0.1) is 12.1 Å². The highest BCUT2D eigenvalue weighted by atomic mass is 32.2. The molecule has 1 aromatic rings. The van der Waals surface area contributed by atoms with Gasteiger partial charge in [-0.3, -0.25) is 14.4 Å². The van der Waals surface area contributed by atoms with E-state index in [1.807, 2.05) is 0 Å². The number of carbonyl (C=O) groups excluding carboxylic acids is 3. The van der Waals surface area contributed by atoms with Gasteiger partial charge in [0.2, 0.25) is 17.7 Å². The Morgan fingerprint density at radius 3 is 3.10 bits per heavy atom. The third-order valence-corrected chi connectivity index (χ3v) is 4.42. The van der Waals surface area contributed by atoms with E-state index in [2.05, 4.69) is 15.6 Å². The van der Waals surface area contributed by atoms with Crippen LogP contribution in [0.3, 0.4) is 0 Å². The van der Waals surface area contributed by atoms with Crippen LogP contribution in [0.4, 0.5) is 5.13 Å². The van der Waals surface area contributed by atoms with Crippen molar-refractivity contribution in [3.63, 3.8) is 0 Å². The zero-order valence-corrected chi connectivity index (χ0v) is 12.2. The number of carbonyl (C=O) groups is 3. The van der Waals surface area contributed by atoms with Crippen molar-refractivity contribution in [3.05, 3.63) is 11.1 Å². The second-order valence-corrected chi connectivity index (χ2v) is 6.23. The second-order valence-electron chi connectivity index (χ2n) is 4.22. The number of nitrogens with one attached hydrogen (secondary N) is 2. The first kappa shape index (κ1) is 14.8. The van der Waals surface area contributed by atoms with Crippen LogP contribution in [-0.2, 0) is 20.8 Å². The fourth-order valence-electron chi connectivity index (χ4n) is 1.63. The number of hydrogen-bond donors (Lipinski definition) is 3. The van der Waals surface area contributed by atoms with E-state index in [-0.39, 0.29) is 18.2 Å². The number of rotatable bonds is 4. The monoisotopic (exact) mass is 314 g/mol. The number of nitrogens with zero attached hydrogens (tertiary/aromatic N) is 1. The van der Waals surface area contributed by atoms with E-state index < -0.39 is 11.9 Å². The average molecular weight is 314 g/mol. The number of hydrogen-bond acceptors (Lipinski definition) is 6. The predicted octanol–water partition coefficient (Wildman–Crippen LogP) is -0.269. The quantitative estimate of drug-likeness (QED) is 0.708. The first-order chi connectivity index (χ1) is 9.54. The predicted molar refractivity (Wildman–Crippen MR) is 77.5 cm³/mol. The van der Waals surface area contributed by atoms with Crippen molar-refractivity contribution in [1.82, 2.24) is 10.3 Å². The number of aromatic nitrogens is 1. The lowest BCUT2D eigenvalue weighted by molar-refractivity contribution is -0.125. The minimum atomic E-state index is -0.557. The van der Waals surface area contributed by atoms with Gasteiger partial charge in [-0.15, -0.1) is 11.3 Å². The van der Waals surface area contributed by atoms with Crippen LogP contribution in [0.2, 0.25) is 0 Å². The number of thiazole rings is 1. The number of primary amides is 1. The van der Waals surface area contributed by atoms with E-state index >= 15 is 0 Å². The second kappa shape index (κ2) is 6.71. The molecule has 1 atom stereocenters. The fraction of sp³-hybridized carbons (Fsp3) is 0.455. The maximum absolute atomic E-state index is 12.0. The van der Waals surface area contributed by atoms with Crippen molar-refractivity contribution in [3.8, 4) is 0 Å². The minimum Gasteiger partial charge on any atom is -0.369 e. The standard InChI is InChI=1S/C11H14N4O3S2/c12-8(16)3-6-4-20-11(13-6)15-10(18)7-5-19-2-1-9(17)14-7/h4,7H,1-3,5H2,(H2,12,16)(H,14,17)(H,13,15,18)/t7-/m1/s1. The number of amides is 3. The SMILES string of the molecule is NC(=O)Cc1csc(NC(=O)[C@H]2CSCCC(=O)N2)n1. The van der Waals surface area contributed by atoms with E-state index in [1.165, 1.54) is 11.3 Å². The van der Waals surface area contributed by atoms with Gasteiger partial charge in [0.15, 0.2) is 5.13 Å². The summed E-state index contributed by atoms with van der Waals surface area (Å²) in [5, 5.41) is 7.38. The molecule has 2 heterocycles. The van der Waals surface area contributed by atoms with E-state index in [9.17, 15) is 14.4 Å². The molecule has 3 amide bonds. The summed E-state index contributed by atoms with van der Waals surface area (Å²) in [7, 11) is 0. The van der Waals surface area contributed by atoms with Crippen LogP contribution in [0.25, 0.3) is 0 Å². The summed E-state index contributed by atoms with van der Waals surface area (Å²) < 4.78 is 0. The van der Waals surface area contributed by atoms with Gasteiger partial charge >= 0.3 is 0 Å². The molecular formula is C11H14N4O3S2. The molecule has 1 aliphatic rings. The van der Waals surface area contributed by atoms with Gasteiger partial charge in [0.25, 0.3) is 0 Å². The van der Waals surface area contributed by atoms with Crippen molar-refractivity contribution in [2.24, 2.45) is 5.73 Å². The van der Waals surface area contributed by atoms with Gasteiger partial charge < -0.3 is 16.4 Å². The van der Waals surface area contributed by atoms with Gasteiger partial charge in [-0.2, -0.15) is 11.8 Å². The van der Waals surface area contributed by atoms with Gasteiger partial charge in [0, 0.05) is 23.3 Å². The Morgan fingerprint density at radius 2 is 2.35 bits per heavy atom. The van der Waals surface area contributed by atoms with Gasteiger partial charge in [-0.05, 0) is 0 Å². The molecule has 1 aromatic heterocycles. The summed E-state index contributed by atoms with van der Waals surface area (Å²) in [4.78, 5) is 38.3. The van der Waals surface area contributed by atoms with E-state index in [0.29, 0.717) is 23.0 Å². The molecular weight excluding hydrogens is 300 g/mol. The fourth-order valence-corrected chi connectivity index (χ4v) is 3.31. The van der Waals surface area contributed by atoms with Gasteiger partial charge in [0.1, 0.15) is 6.04 Å². The summed E-state index contributed by atoms with van der Waals surface area (Å²) in [6.45, 7) is 0. The zero-order valence-electron chi connectivity index (χ0n) is 10.5. The van der Waals surface area contributed by atoms with Crippen LogP contribution in [-0.4, -0.2) is 40.3 Å². The summed E-state index contributed by atoms with van der Waals surface area (Å²) in [6.07, 6.45) is 0.469. The highest BCUT2D eigenvalue weighted by Crippen LogP contribution is 2.17. The van der Waals surface area contributed by atoms with Gasteiger partial charge in [-0.25, -0.2) is 4.98 Å². The lowest BCUT2D eigenvalue weighted by Crippen LogP contribution is -2.44. The zero-order chi connectivity index (χ0) is 14.5. The summed E-state index contributed by atoms with van der Waals surface area (Å²) >= 11 is 2.78. The molecule has 1 aliphatic heterocycles. The van der Waals surface area contributed by atoms with Crippen molar-refractivity contribution < 1.29 is 14.4 Å². The number of nitrogens with two attached hydrogens (primary N) is 1. The molecule has 1 saturated heterocycles. The third-order valence-electron chi connectivity index (χ3n) is 2.55. The van der Waals surface area contributed by atoms with Gasteiger partial charge in [-0.1, -0.05) is 0 Å². The molecule has 20 heavy (non-hydrogen) atoms. The third kappa shape index (κ3) is 4.20. The largest absolute Gasteiger partial charge is 0.369 e. The average Bonchev–Trinajstić information content (AvgIpc) is 2.67. The molecule has 9 heteroatoms. The van der Waals surface area contributed by atoms with Crippen LogP contribution >= 0.6 is 23.1 Å². The van der Waals surface area contributed by atoms with E-state index in [4.69, 9.17) is 5.73 Å². The van der Waals surface area contributed by atoms with Crippen LogP contribution in [0.15, 0.2) is 5.38 Å². The molecule has 2 rings (SSSR count). The molecule has 7 nitrogen and oxygen atoms in total. The smallest absolute Gasteiger partial charge is 0.249 e. The molecule has 4 N–H and O–H groups in total. The summed E-state index contributed by atoms with van der Waals surface area (Å²) in [6, 6.07) is -0.557. The summed E-state index contributed by atoms with van der Waals surface area (Å²) in [5.74, 6) is 0.365. The van der Waals surface area contributed by atoms with Crippen LogP contribution in [0.5, 0.6) is 0 Å². The molecule has 0 radical (unpaired) electrons. The Hall–Kier alpha value is -1.61. The Balaban J connectivity index is 1.94. The van der Waals surface area contributed by atoms with Crippen molar-refractivity contribution in [2.45, 2.75) is 18.9 Å². The number of thioether (sulfide) groups is 1. The number of anilines is 1. The topological polar surface area (TPSA) is 114 Å². The lowest BCUT2D eigenvalue weighted by Gasteiger charge is -2.13. The highest BCUT2D eigenvalue weighted by Gasteiger charge is 2.24. The highest BCUT2D eigenvalue weighted by molar-refractivity contribution is 7.99. The molecule has 0 unspecified atom stereocenters. The van der Waals surface area contributed by atoms with Crippen molar-refractivity contribution in [1.29, 1.82) is 0 Å². The van der Waals surface area contributed by atoms with E-state index in [1.54, 1.807) is 17.1 Å². The molecule has 0 saturated carbocycles.